The fraction of sp³-hybridized carbons (Fsp3) is 0.0667. The predicted octanol–water partition coefficient (Wildman–Crippen LogP) is 4.93. The molecule has 0 unspecified atom stereocenters. The standard InChI is InChI=1S/C15H10BrClN2O2S/c1-19-14(20)12(8-9-6-7-13(16)21-9)22-15(19)18-11-5-3-2-4-10(11)17/h2-8H,1H3/b12-8+,18-15?. The van der Waals surface area contributed by atoms with Crippen LogP contribution in [0.2, 0.25) is 5.02 Å². The van der Waals surface area contributed by atoms with Gasteiger partial charge in [0, 0.05) is 13.1 Å². The number of carbonyl (C=O) groups is 1. The van der Waals surface area contributed by atoms with Crippen LogP contribution in [0.4, 0.5) is 5.69 Å². The van der Waals surface area contributed by atoms with Gasteiger partial charge in [-0.05, 0) is 52.0 Å². The van der Waals surface area contributed by atoms with Gasteiger partial charge in [-0.3, -0.25) is 9.69 Å². The lowest BCUT2D eigenvalue weighted by Gasteiger charge is -2.07. The Labute approximate surface area is 145 Å². The second kappa shape index (κ2) is 6.32. The third kappa shape index (κ3) is 3.14. The minimum atomic E-state index is -0.122. The van der Waals surface area contributed by atoms with Crippen molar-refractivity contribution < 1.29 is 9.21 Å². The molecule has 22 heavy (non-hydrogen) atoms. The van der Waals surface area contributed by atoms with E-state index >= 15 is 0 Å². The Bertz CT molecular complexity index is 800. The molecule has 0 aliphatic carbocycles. The molecule has 112 valence electrons. The smallest absolute Gasteiger partial charge is 0.266 e. The van der Waals surface area contributed by atoms with Crippen LogP contribution in [0.25, 0.3) is 6.08 Å². The van der Waals surface area contributed by atoms with Gasteiger partial charge < -0.3 is 4.42 Å². The Kier molecular flexibility index (Phi) is 4.42. The second-order valence-corrected chi connectivity index (χ2v) is 6.66. The molecule has 0 N–H and O–H groups in total. The van der Waals surface area contributed by atoms with E-state index in [1.807, 2.05) is 12.1 Å². The highest BCUT2D eigenvalue weighted by molar-refractivity contribution is 9.10. The quantitative estimate of drug-likeness (QED) is 0.675. The lowest BCUT2D eigenvalue weighted by molar-refractivity contribution is -0.121. The van der Waals surface area contributed by atoms with Crippen LogP contribution < -0.4 is 0 Å². The topological polar surface area (TPSA) is 45.8 Å². The molecule has 7 heteroatoms. The van der Waals surface area contributed by atoms with Gasteiger partial charge in [-0.15, -0.1) is 0 Å². The first-order valence-corrected chi connectivity index (χ1v) is 8.29. The SMILES string of the molecule is CN1C(=O)/C(=C\c2ccc(Br)o2)SC1=Nc1ccccc1Cl. The molecule has 1 aromatic carbocycles. The number of likely N-dealkylation sites (N-methyl/N-ethyl adjacent to an activating group) is 1. The molecule has 1 aromatic heterocycles. The summed E-state index contributed by atoms with van der Waals surface area (Å²) < 4.78 is 6.02. The summed E-state index contributed by atoms with van der Waals surface area (Å²) >= 11 is 10.6. The summed E-state index contributed by atoms with van der Waals surface area (Å²) in [5.41, 5.74) is 0.633. The lowest BCUT2D eigenvalue weighted by atomic mass is 10.3. The van der Waals surface area contributed by atoms with Gasteiger partial charge in [0.15, 0.2) is 9.84 Å². The van der Waals surface area contributed by atoms with E-state index in [-0.39, 0.29) is 5.91 Å². The highest BCUT2D eigenvalue weighted by Gasteiger charge is 2.30. The number of thioether (sulfide) groups is 1. The highest BCUT2D eigenvalue weighted by atomic mass is 79.9. The minimum Gasteiger partial charge on any atom is -0.450 e. The summed E-state index contributed by atoms with van der Waals surface area (Å²) in [7, 11) is 1.68. The first-order valence-electron chi connectivity index (χ1n) is 6.31. The highest BCUT2D eigenvalue weighted by Crippen LogP contribution is 2.35. The van der Waals surface area contributed by atoms with Crippen LogP contribution in [0.5, 0.6) is 0 Å². The molecule has 3 rings (SSSR count). The average molecular weight is 398 g/mol. The molecule has 1 fully saturated rings. The molecule has 0 atom stereocenters. The van der Waals surface area contributed by atoms with E-state index in [2.05, 4.69) is 20.9 Å². The zero-order chi connectivity index (χ0) is 15.7. The molecule has 2 aromatic rings. The molecule has 0 radical (unpaired) electrons. The Balaban J connectivity index is 1.92. The molecule has 0 saturated carbocycles. The Morgan fingerprint density at radius 1 is 1.32 bits per heavy atom. The van der Waals surface area contributed by atoms with E-state index in [1.165, 1.54) is 16.7 Å². The number of benzene rings is 1. The number of aliphatic imine (C=N–C) groups is 1. The molecule has 1 aliphatic heterocycles. The van der Waals surface area contributed by atoms with Crippen molar-refractivity contribution in [1.82, 2.24) is 4.90 Å². The van der Waals surface area contributed by atoms with Crippen LogP contribution >= 0.6 is 39.3 Å². The summed E-state index contributed by atoms with van der Waals surface area (Å²) in [6.07, 6.45) is 1.70. The normalized spacial score (nSPS) is 18.7. The van der Waals surface area contributed by atoms with E-state index in [1.54, 1.807) is 37.4 Å². The van der Waals surface area contributed by atoms with Gasteiger partial charge >= 0.3 is 0 Å². The van der Waals surface area contributed by atoms with Crippen LogP contribution in [0, 0.1) is 0 Å². The van der Waals surface area contributed by atoms with Crippen molar-refractivity contribution in [2.45, 2.75) is 0 Å². The van der Waals surface area contributed by atoms with Gasteiger partial charge in [0.2, 0.25) is 0 Å². The van der Waals surface area contributed by atoms with Crippen molar-refractivity contribution in [3.63, 3.8) is 0 Å². The molecular weight excluding hydrogens is 388 g/mol. The number of halogens is 2. The summed E-state index contributed by atoms with van der Waals surface area (Å²) in [4.78, 5) is 18.8. The maximum absolute atomic E-state index is 12.3. The minimum absolute atomic E-state index is 0.122. The van der Waals surface area contributed by atoms with Crippen LogP contribution in [0.15, 0.2) is 55.4 Å². The van der Waals surface area contributed by atoms with E-state index in [0.717, 1.165) is 0 Å². The maximum Gasteiger partial charge on any atom is 0.266 e. The largest absolute Gasteiger partial charge is 0.450 e. The van der Waals surface area contributed by atoms with Gasteiger partial charge in [0.25, 0.3) is 5.91 Å². The van der Waals surface area contributed by atoms with Crippen LogP contribution in [0.1, 0.15) is 5.76 Å². The Morgan fingerprint density at radius 3 is 2.77 bits per heavy atom. The molecule has 1 amide bonds. The first kappa shape index (κ1) is 15.4. The monoisotopic (exact) mass is 396 g/mol. The Morgan fingerprint density at radius 2 is 2.09 bits per heavy atom. The number of rotatable bonds is 2. The molecule has 4 nitrogen and oxygen atoms in total. The van der Waals surface area contributed by atoms with Crippen molar-refractivity contribution in [3.05, 3.63) is 56.8 Å². The molecule has 0 bridgehead atoms. The summed E-state index contributed by atoms with van der Waals surface area (Å²) in [6.45, 7) is 0. The second-order valence-electron chi connectivity index (χ2n) is 4.46. The number of carbonyl (C=O) groups excluding carboxylic acids is 1. The van der Waals surface area contributed by atoms with Crippen molar-refractivity contribution in [1.29, 1.82) is 0 Å². The van der Waals surface area contributed by atoms with Crippen LogP contribution in [-0.4, -0.2) is 23.0 Å². The van der Waals surface area contributed by atoms with Gasteiger partial charge in [-0.2, -0.15) is 0 Å². The summed E-state index contributed by atoms with van der Waals surface area (Å²) in [5, 5.41) is 1.12. The van der Waals surface area contributed by atoms with Gasteiger partial charge in [-0.25, -0.2) is 4.99 Å². The third-order valence-corrected chi connectivity index (χ3v) is 4.75. The molecular formula is C15H10BrClN2O2S. The van der Waals surface area contributed by atoms with Crippen molar-refractivity contribution in [3.8, 4) is 0 Å². The number of amidine groups is 1. The van der Waals surface area contributed by atoms with Crippen LogP contribution in [-0.2, 0) is 4.79 Å². The summed E-state index contributed by atoms with van der Waals surface area (Å²) in [5.74, 6) is 0.485. The van der Waals surface area contributed by atoms with Crippen molar-refractivity contribution >= 4 is 62.1 Å². The maximum atomic E-state index is 12.3. The molecule has 2 heterocycles. The van der Waals surface area contributed by atoms with Crippen molar-refractivity contribution in [2.75, 3.05) is 7.05 Å². The number of hydrogen-bond acceptors (Lipinski definition) is 4. The van der Waals surface area contributed by atoms with Gasteiger partial charge in [0.05, 0.1) is 15.6 Å². The molecule has 1 saturated heterocycles. The average Bonchev–Trinajstić information content (AvgIpc) is 3.01. The van der Waals surface area contributed by atoms with E-state index in [4.69, 9.17) is 16.0 Å². The molecule has 1 aliphatic rings. The van der Waals surface area contributed by atoms with Gasteiger partial charge in [-0.1, -0.05) is 23.7 Å². The predicted molar refractivity (Wildman–Crippen MR) is 93.3 cm³/mol. The number of hydrogen-bond donors (Lipinski definition) is 0. The van der Waals surface area contributed by atoms with E-state index in [9.17, 15) is 4.79 Å². The lowest BCUT2D eigenvalue weighted by Crippen LogP contribution is -2.23. The zero-order valence-electron chi connectivity index (χ0n) is 11.4. The number of furan rings is 1. The first-order chi connectivity index (χ1) is 10.5. The zero-order valence-corrected chi connectivity index (χ0v) is 14.6. The number of amides is 1. The third-order valence-electron chi connectivity index (χ3n) is 2.94. The van der Waals surface area contributed by atoms with E-state index < -0.39 is 0 Å². The van der Waals surface area contributed by atoms with Crippen molar-refractivity contribution in [2.24, 2.45) is 4.99 Å². The fourth-order valence-electron chi connectivity index (χ4n) is 1.83. The Hall–Kier alpha value is -1.50. The summed E-state index contributed by atoms with van der Waals surface area (Å²) in [6, 6.07) is 10.8. The number of para-hydroxylation sites is 1. The van der Waals surface area contributed by atoms with Gasteiger partial charge in [0.1, 0.15) is 5.76 Å². The molecule has 0 spiro atoms. The number of nitrogens with zero attached hydrogens (tertiary/aromatic N) is 2. The van der Waals surface area contributed by atoms with E-state index in [0.29, 0.717) is 31.2 Å². The van der Waals surface area contributed by atoms with Crippen LogP contribution in [0.3, 0.4) is 0 Å². The fourth-order valence-corrected chi connectivity index (χ4v) is 3.29.